The first-order valence-electron chi connectivity index (χ1n) is 7.64. The second-order valence-corrected chi connectivity index (χ2v) is 6.02. The highest BCUT2D eigenvalue weighted by molar-refractivity contribution is 5.92. The van der Waals surface area contributed by atoms with Crippen LogP contribution in [0.3, 0.4) is 0 Å². The number of hydrogen-bond acceptors (Lipinski definition) is 4. The summed E-state index contributed by atoms with van der Waals surface area (Å²) in [5, 5.41) is 7.68. The standard InChI is InChI=1S/C14H21N5O2/c15-13(20)9-18-8-11(16-17-18)14(21)19-7-3-6-12(19)10-4-1-2-5-10/h8,10,12H,1-7,9H2,(H2,15,20). The maximum absolute atomic E-state index is 12.6. The zero-order valence-electron chi connectivity index (χ0n) is 12.1. The smallest absolute Gasteiger partial charge is 0.276 e. The Morgan fingerprint density at radius 3 is 2.71 bits per heavy atom. The molecule has 114 valence electrons. The van der Waals surface area contributed by atoms with Gasteiger partial charge in [-0.25, -0.2) is 4.68 Å². The molecule has 0 radical (unpaired) electrons. The van der Waals surface area contributed by atoms with Crippen LogP contribution < -0.4 is 5.73 Å². The van der Waals surface area contributed by atoms with E-state index < -0.39 is 5.91 Å². The monoisotopic (exact) mass is 291 g/mol. The van der Waals surface area contributed by atoms with Gasteiger partial charge in [-0.15, -0.1) is 5.10 Å². The van der Waals surface area contributed by atoms with Crippen molar-refractivity contribution in [3.05, 3.63) is 11.9 Å². The van der Waals surface area contributed by atoms with E-state index in [4.69, 9.17) is 5.73 Å². The van der Waals surface area contributed by atoms with Gasteiger partial charge in [-0.3, -0.25) is 9.59 Å². The van der Waals surface area contributed by atoms with E-state index in [-0.39, 0.29) is 12.5 Å². The molecule has 2 aliphatic rings. The van der Waals surface area contributed by atoms with Gasteiger partial charge in [0, 0.05) is 12.6 Å². The molecule has 7 heteroatoms. The molecule has 0 bridgehead atoms. The topological polar surface area (TPSA) is 94.1 Å². The first-order valence-corrected chi connectivity index (χ1v) is 7.64. The Hall–Kier alpha value is -1.92. The van der Waals surface area contributed by atoms with Crippen LogP contribution in [0.25, 0.3) is 0 Å². The third-order valence-corrected chi connectivity index (χ3v) is 4.58. The van der Waals surface area contributed by atoms with Gasteiger partial charge in [0.05, 0.1) is 6.20 Å². The lowest BCUT2D eigenvalue weighted by Gasteiger charge is -2.28. The summed E-state index contributed by atoms with van der Waals surface area (Å²) >= 11 is 0. The molecular formula is C14H21N5O2. The minimum Gasteiger partial charge on any atom is -0.368 e. The average molecular weight is 291 g/mol. The third-order valence-electron chi connectivity index (χ3n) is 4.58. The second-order valence-electron chi connectivity index (χ2n) is 6.02. The van der Waals surface area contributed by atoms with Crippen LogP contribution in [0.2, 0.25) is 0 Å². The number of carbonyl (C=O) groups excluding carboxylic acids is 2. The van der Waals surface area contributed by atoms with E-state index >= 15 is 0 Å². The number of amides is 2. The Kier molecular flexibility index (Phi) is 3.90. The summed E-state index contributed by atoms with van der Waals surface area (Å²) in [6, 6.07) is 0.348. The Balaban J connectivity index is 1.71. The zero-order valence-corrected chi connectivity index (χ0v) is 12.1. The molecule has 1 unspecified atom stereocenters. The maximum atomic E-state index is 12.6. The SMILES string of the molecule is NC(=O)Cn1cc(C(=O)N2CCCC2C2CCCC2)nn1. The molecule has 7 nitrogen and oxygen atoms in total. The van der Waals surface area contributed by atoms with E-state index in [0.717, 1.165) is 19.4 Å². The van der Waals surface area contributed by atoms with Gasteiger partial charge in [0.1, 0.15) is 6.54 Å². The molecule has 1 aromatic heterocycles. The first kappa shape index (κ1) is 14.0. The number of likely N-dealkylation sites (tertiary alicyclic amines) is 1. The van der Waals surface area contributed by atoms with Crippen molar-refractivity contribution in [3.63, 3.8) is 0 Å². The number of primary amides is 1. The molecule has 2 amide bonds. The average Bonchev–Trinajstić information content (AvgIpc) is 3.18. The fourth-order valence-corrected chi connectivity index (χ4v) is 3.66. The van der Waals surface area contributed by atoms with Crippen LogP contribution in [-0.2, 0) is 11.3 Å². The van der Waals surface area contributed by atoms with Gasteiger partial charge >= 0.3 is 0 Å². The summed E-state index contributed by atoms with van der Waals surface area (Å²) in [5.41, 5.74) is 5.42. The number of rotatable bonds is 4. The molecule has 0 aromatic carbocycles. The van der Waals surface area contributed by atoms with Crippen LogP contribution in [0, 0.1) is 5.92 Å². The van der Waals surface area contributed by atoms with Crippen LogP contribution in [0.5, 0.6) is 0 Å². The van der Waals surface area contributed by atoms with Gasteiger partial charge in [0.25, 0.3) is 5.91 Å². The van der Waals surface area contributed by atoms with Crippen molar-refractivity contribution in [3.8, 4) is 0 Å². The molecule has 0 spiro atoms. The largest absolute Gasteiger partial charge is 0.368 e. The van der Waals surface area contributed by atoms with E-state index in [1.165, 1.54) is 36.6 Å². The molecular weight excluding hydrogens is 270 g/mol. The molecule has 21 heavy (non-hydrogen) atoms. The molecule has 2 heterocycles. The van der Waals surface area contributed by atoms with Gasteiger partial charge in [-0.05, 0) is 31.6 Å². The quantitative estimate of drug-likeness (QED) is 0.877. The molecule has 1 saturated heterocycles. The van der Waals surface area contributed by atoms with Gasteiger partial charge < -0.3 is 10.6 Å². The number of aromatic nitrogens is 3. The van der Waals surface area contributed by atoms with Gasteiger partial charge in [0.2, 0.25) is 5.91 Å². The van der Waals surface area contributed by atoms with Gasteiger partial charge in [-0.1, -0.05) is 18.1 Å². The fraction of sp³-hybridized carbons (Fsp3) is 0.714. The molecule has 1 saturated carbocycles. The highest BCUT2D eigenvalue weighted by atomic mass is 16.2. The number of hydrogen-bond donors (Lipinski definition) is 1. The molecule has 3 rings (SSSR count). The molecule has 1 aliphatic heterocycles. The van der Waals surface area contributed by atoms with Crippen LogP contribution in [0.4, 0.5) is 0 Å². The molecule has 1 aromatic rings. The fourth-order valence-electron chi connectivity index (χ4n) is 3.66. The predicted molar refractivity (Wildman–Crippen MR) is 75.2 cm³/mol. The highest BCUT2D eigenvalue weighted by Crippen LogP contribution is 2.35. The first-order chi connectivity index (χ1) is 10.1. The van der Waals surface area contributed by atoms with E-state index in [2.05, 4.69) is 10.3 Å². The zero-order chi connectivity index (χ0) is 14.8. The third kappa shape index (κ3) is 2.91. The Labute approximate surface area is 123 Å². The number of carbonyl (C=O) groups is 2. The van der Waals surface area contributed by atoms with E-state index in [9.17, 15) is 9.59 Å². The lowest BCUT2D eigenvalue weighted by atomic mass is 9.96. The second kappa shape index (κ2) is 5.83. The van der Waals surface area contributed by atoms with Crippen molar-refractivity contribution in [2.75, 3.05) is 6.54 Å². The summed E-state index contributed by atoms with van der Waals surface area (Å²) in [7, 11) is 0. The molecule has 1 aliphatic carbocycles. The van der Waals surface area contributed by atoms with E-state index in [0.29, 0.717) is 17.7 Å². The minimum absolute atomic E-state index is 0.0493. The van der Waals surface area contributed by atoms with E-state index in [1.54, 1.807) is 0 Å². The predicted octanol–water partition coefficient (Wildman–Crippen LogP) is 0.558. The van der Waals surface area contributed by atoms with Crippen molar-refractivity contribution in [2.45, 2.75) is 51.1 Å². The van der Waals surface area contributed by atoms with Crippen molar-refractivity contribution < 1.29 is 9.59 Å². The van der Waals surface area contributed by atoms with Crippen molar-refractivity contribution >= 4 is 11.8 Å². The number of nitrogens with two attached hydrogens (primary N) is 1. The van der Waals surface area contributed by atoms with Crippen molar-refractivity contribution in [2.24, 2.45) is 11.7 Å². The Morgan fingerprint density at radius 1 is 1.24 bits per heavy atom. The van der Waals surface area contributed by atoms with Gasteiger partial charge in [0.15, 0.2) is 5.69 Å². The Bertz CT molecular complexity index is 535. The highest BCUT2D eigenvalue weighted by Gasteiger charge is 2.36. The summed E-state index contributed by atoms with van der Waals surface area (Å²) in [4.78, 5) is 25.4. The summed E-state index contributed by atoms with van der Waals surface area (Å²) in [6.07, 6.45) is 8.66. The molecule has 1 atom stereocenters. The van der Waals surface area contributed by atoms with Crippen molar-refractivity contribution in [1.29, 1.82) is 0 Å². The van der Waals surface area contributed by atoms with Crippen molar-refractivity contribution in [1.82, 2.24) is 19.9 Å². The molecule has 2 fully saturated rings. The van der Waals surface area contributed by atoms with E-state index in [1.807, 2.05) is 4.90 Å². The summed E-state index contributed by atoms with van der Waals surface area (Å²) < 4.78 is 1.32. The lowest BCUT2D eigenvalue weighted by molar-refractivity contribution is -0.118. The summed E-state index contributed by atoms with van der Waals surface area (Å²) in [5.74, 6) is 0.0705. The lowest BCUT2D eigenvalue weighted by Crippen LogP contribution is -2.39. The van der Waals surface area contributed by atoms with Crippen LogP contribution in [-0.4, -0.2) is 44.3 Å². The normalized spacial score (nSPS) is 22.9. The maximum Gasteiger partial charge on any atom is 0.276 e. The molecule has 2 N–H and O–H groups in total. The summed E-state index contributed by atoms with van der Waals surface area (Å²) in [6.45, 7) is 0.745. The van der Waals surface area contributed by atoms with Crippen LogP contribution in [0.15, 0.2) is 6.20 Å². The van der Waals surface area contributed by atoms with Crippen LogP contribution in [0.1, 0.15) is 49.0 Å². The Morgan fingerprint density at radius 2 is 2.00 bits per heavy atom. The van der Waals surface area contributed by atoms with Gasteiger partial charge in [-0.2, -0.15) is 0 Å². The van der Waals surface area contributed by atoms with Crippen LogP contribution >= 0.6 is 0 Å². The minimum atomic E-state index is -0.496. The number of nitrogens with zero attached hydrogens (tertiary/aromatic N) is 4.